The van der Waals surface area contributed by atoms with Crippen LogP contribution >= 0.6 is 11.6 Å². The van der Waals surface area contributed by atoms with E-state index in [9.17, 15) is 9.90 Å². The lowest BCUT2D eigenvalue weighted by atomic mass is 9.90. The average Bonchev–Trinajstić information content (AvgIpc) is 2.60. The molecule has 134 valence electrons. The third-order valence-electron chi connectivity index (χ3n) is 4.78. The molecule has 0 unspecified atom stereocenters. The summed E-state index contributed by atoms with van der Waals surface area (Å²) in [5.74, 6) is -0.0431. The lowest BCUT2D eigenvalue weighted by molar-refractivity contribution is -0.136. The van der Waals surface area contributed by atoms with E-state index in [0.29, 0.717) is 16.1 Å². The number of aliphatic hydroxyl groups excluding tert-OH is 1. The van der Waals surface area contributed by atoms with Crippen LogP contribution in [-0.2, 0) is 11.2 Å². The SMILES string of the molecule is N#Cc1ccc(CC(=O)N(C[C@@H](O)c2cccnc2)C2CCC2)cc1Cl. The van der Waals surface area contributed by atoms with Gasteiger partial charge < -0.3 is 10.0 Å². The lowest BCUT2D eigenvalue weighted by Gasteiger charge is -2.39. The Morgan fingerprint density at radius 1 is 1.42 bits per heavy atom. The highest BCUT2D eigenvalue weighted by atomic mass is 35.5. The topological polar surface area (TPSA) is 77.2 Å². The smallest absolute Gasteiger partial charge is 0.227 e. The van der Waals surface area contributed by atoms with E-state index in [0.717, 1.165) is 24.8 Å². The monoisotopic (exact) mass is 369 g/mol. The summed E-state index contributed by atoms with van der Waals surface area (Å²) in [5, 5.41) is 19.8. The number of nitrogens with zero attached hydrogens (tertiary/aromatic N) is 3. The first-order valence-electron chi connectivity index (χ1n) is 8.64. The highest BCUT2D eigenvalue weighted by Crippen LogP contribution is 2.28. The number of benzene rings is 1. The highest BCUT2D eigenvalue weighted by molar-refractivity contribution is 6.31. The van der Waals surface area contributed by atoms with Crippen molar-refractivity contribution in [3.63, 3.8) is 0 Å². The zero-order chi connectivity index (χ0) is 18.5. The Kier molecular flexibility index (Phi) is 5.87. The molecule has 2 aromatic rings. The molecule has 26 heavy (non-hydrogen) atoms. The van der Waals surface area contributed by atoms with Crippen LogP contribution in [0, 0.1) is 11.3 Å². The van der Waals surface area contributed by atoms with Crippen LogP contribution in [0.25, 0.3) is 0 Å². The van der Waals surface area contributed by atoms with Gasteiger partial charge in [-0.2, -0.15) is 5.26 Å². The van der Waals surface area contributed by atoms with Gasteiger partial charge in [0.05, 0.1) is 29.7 Å². The number of hydrogen-bond acceptors (Lipinski definition) is 4. The van der Waals surface area contributed by atoms with Crippen molar-refractivity contribution in [1.82, 2.24) is 9.88 Å². The largest absolute Gasteiger partial charge is 0.386 e. The molecule has 1 saturated carbocycles. The summed E-state index contributed by atoms with van der Waals surface area (Å²) in [5.41, 5.74) is 1.86. The van der Waals surface area contributed by atoms with Crippen molar-refractivity contribution in [1.29, 1.82) is 5.26 Å². The molecule has 1 amide bonds. The number of hydrogen-bond donors (Lipinski definition) is 1. The summed E-state index contributed by atoms with van der Waals surface area (Å²) >= 11 is 6.06. The predicted octanol–water partition coefficient (Wildman–Crippen LogP) is 3.26. The molecule has 1 aromatic heterocycles. The number of halogens is 1. The van der Waals surface area contributed by atoms with Gasteiger partial charge >= 0.3 is 0 Å². The molecule has 1 aliphatic carbocycles. The maximum Gasteiger partial charge on any atom is 0.227 e. The van der Waals surface area contributed by atoms with Gasteiger partial charge in [-0.3, -0.25) is 9.78 Å². The summed E-state index contributed by atoms with van der Waals surface area (Å²) in [4.78, 5) is 18.7. The molecule has 6 heteroatoms. The molecule has 1 aliphatic rings. The number of amides is 1. The molecule has 5 nitrogen and oxygen atoms in total. The number of carbonyl (C=O) groups is 1. The minimum Gasteiger partial charge on any atom is -0.386 e. The Morgan fingerprint density at radius 2 is 2.23 bits per heavy atom. The maximum absolute atomic E-state index is 12.9. The Balaban J connectivity index is 1.72. The fourth-order valence-corrected chi connectivity index (χ4v) is 3.30. The first-order chi connectivity index (χ1) is 12.6. The molecule has 1 atom stereocenters. The van der Waals surface area contributed by atoms with Crippen LogP contribution in [0.2, 0.25) is 5.02 Å². The average molecular weight is 370 g/mol. The summed E-state index contributed by atoms with van der Waals surface area (Å²) in [7, 11) is 0. The summed E-state index contributed by atoms with van der Waals surface area (Å²) in [6, 6.07) is 10.8. The first-order valence-corrected chi connectivity index (χ1v) is 9.02. The van der Waals surface area contributed by atoms with Gasteiger partial charge in [-0.25, -0.2) is 0 Å². The summed E-state index contributed by atoms with van der Waals surface area (Å²) in [6.07, 6.45) is 5.72. The van der Waals surface area contributed by atoms with Gasteiger partial charge in [0.15, 0.2) is 0 Å². The zero-order valence-electron chi connectivity index (χ0n) is 14.3. The Hall–Kier alpha value is -2.42. The van der Waals surface area contributed by atoms with Gasteiger partial charge in [-0.05, 0) is 43.0 Å². The Labute approximate surface area is 157 Å². The van der Waals surface area contributed by atoms with Gasteiger partial charge in [0.1, 0.15) is 6.07 Å². The molecule has 3 rings (SSSR count). The number of rotatable bonds is 6. The minimum atomic E-state index is -0.766. The lowest BCUT2D eigenvalue weighted by Crippen LogP contribution is -2.46. The molecular weight excluding hydrogens is 350 g/mol. The van der Waals surface area contributed by atoms with Crippen molar-refractivity contribution in [3.05, 3.63) is 64.4 Å². The Bertz CT molecular complexity index is 816. The van der Waals surface area contributed by atoms with Gasteiger partial charge in [0.25, 0.3) is 0 Å². The van der Waals surface area contributed by atoms with E-state index in [1.54, 1.807) is 41.6 Å². The van der Waals surface area contributed by atoms with E-state index in [1.807, 2.05) is 12.1 Å². The fraction of sp³-hybridized carbons (Fsp3) is 0.350. The third-order valence-corrected chi connectivity index (χ3v) is 5.10. The normalized spacial score (nSPS) is 15.0. The fourth-order valence-electron chi connectivity index (χ4n) is 3.05. The van der Waals surface area contributed by atoms with Crippen LogP contribution in [-0.4, -0.2) is 33.5 Å². The maximum atomic E-state index is 12.9. The summed E-state index contributed by atoms with van der Waals surface area (Å²) in [6.45, 7) is 0.249. The van der Waals surface area contributed by atoms with Crippen molar-refractivity contribution >= 4 is 17.5 Å². The standard InChI is InChI=1S/C20H20ClN3O2/c21-18-9-14(6-7-15(18)11-22)10-20(26)24(17-4-1-5-17)13-19(25)16-3-2-8-23-12-16/h2-3,6-9,12,17,19,25H,1,4-5,10,13H2/t19-/m1/s1. The zero-order valence-corrected chi connectivity index (χ0v) is 15.1. The summed E-state index contributed by atoms with van der Waals surface area (Å²) < 4.78 is 0. The molecule has 1 heterocycles. The van der Waals surface area contributed by atoms with E-state index in [4.69, 9.17) is 16.9 Å². The van der Waals surface area contributed by atoms with Crippen molar-refractivity contribution in [2.75, 3.05) is 6.54 Å². The molecule has 1 N–H and O–H groups in total. The van der Waals surface area contributed by atoms with Crippen molar-refractivity contribution in [2.45, 2.75) is 37.8 Å². The molecule has 0 radical (unpaired) electrons. The second kappa shape index (κ2) is 8.31. The third kappa shape index (κ3) is 4.21. The number of pyridine rings is 1. The van der Waals surface area contributed by atoms with Crippen LogP contribution in [0.3, 0.4) is 0 Å². The molecule has 1 fully saturated rings. The quantitative estimate of drug-likeness (QED) is 0.847. The van der Waals surface area contributed by atoms with E-state index in [-0.39, 0.29) is 24.9 Å². The van der Waals surface area contributed by atoms with Crippen molar-refractivity contribution in [2.24, 2.45) is 0 Å². The molecule has 0 aliphatic heterocycles. The van der Waals surface area contributed by atoms with Gasteiger partial charge in [0, 0.05) is 24.0 Å². The van der Waals surface area contributed by atoms with E-state index in [1.165, 1.54) is 0 Å². The number of aliphatic hydroxyl groups is 1. The van der Waals surface area contributed by atoms with Crippen molar-refractivity contribution < 1.29 is 9.90 Å². The second-order valence-electron chi connectivity index (χ2n) is 6.54. The molecule has 0 saturated heterocycles. The van der Waals surface area contributed by atoms with Crippen molar-refractivity contribution in [3.8, 4) is 6.07 Å². The molecule has 1 aromatic carbocycles. The van der Waals surface area contributed by atoms with Gasteiger partial charge in [-0.15, -0.1) is 0 Å². The van der Waals surface area contributed by atoms with Crippen LogP contribution in [0.4, 0.5) is 0 Å². The van der Waals surface area contributed by atoms with E-state index >= 15 is 0 Å². The van der Waals surface area contributed by atoms with Crippen LogP contribution in [0.1, 0.15) is 42.1 Å². The van der Waals surface area contributed by atoms with Gasteiger partial charge in [0.2, 0.25) is 5.91 Å². The highest BCUT2D eigenvalue weighted by Gasteiger charge is 2.30. The number of carbonyl (C=O) groups excluding carboxylic acids is 1. The second-order valence-corrected chi connectivity index (χ2v) is 6.94. The Morgan fingerprint density at radius 3 is 2.81 bits per heavy atom. The predicted molar refractivity (Wildman–Crippen MR) is 98.4 cm³/mol. The first kappa shape index (κ1) is 18.4. The molecule has 0 spiro atoms. The van der Waals surface area contributed by atoms with Crippen LogP contribution < -0.4 is 0 Å². The van der Waals surface area contributed by atoms with Crippen LogP contribution in [0.15, 0.2) is 42.7 Å². The van der Waals surface area contributed by atoms with E-state index in [2.05, 4.69) is 4.98 Å². The molecule has 0 bridgehead atoms. The molecular formula is C20H20ClN3O2. The number of aromatic nitrogens is 1. The van der Waals surface area contributed by atoms with Gasteiger partial charge in [-0.1, -0.05) is 23.7 Å². The van der Waals surface area contributed by atoms with E-state index < -0.39 is 6.10 Å². The number of nitriles is 1. The minimum absolute atomic E-state index is 0.0431. The van der Waals surface area contributed by atoms with Crippen LogP contribution in [0.5, 0.6) is 0 Å².